The number of rotatable bonds is 4. The van der Waals surface area contributed by atoms with Crippen molar-refractivity contribution in [2.75, 3.05) is 5.32 Å². The molecule has 2 N–H and O–H groups in total. The van der Waals surface area contributed by atoms with Gasteiger partial charge in [0.2, 0.25) is 0 Å². The molecule has 0 spiro atoms. The lowest BCUT2D eigenvalue weighted by Crippen LogP contribution is -2.25. The van der Waals surface area contributed by atoms with Gasteiger partial charge in [-0.05, 0) is 56.2 Å². The lowest BCUT2D eigenvalue weighted by molar-refractivity contribution is 0.0950. The fourth-order valence-corrected chi connectivity index (χ4v) is 2.01. The van der Waals surface area contributed by atoms with Crippen LogP contribution in [-0.4, -0.2) is 22.8 Å². The topological polar surface area (TPSA) is 71.1 Å². The molecule has 1 aliphatic rings. The fourth-order valence-electron chi connectivity index (χ4n) is 2.01. The smallest absolute Gasteiger partial charge is 0.257 e. The minimum atomic E-state index is -0.220. The van der Waals surface area contributed by atoms with Crippen molar-refractivity contribution in [3.05, 3.63) is 59.4 Å². The molecular weight excluding hydrogens is 278 g/mol. The predicted octanol–water partition coefficient (Wildman–Crippen LogP) is 2.53. The first-order valence-corrected chi connectivity index (χ1v) is 7.27. The highest BCUT2D eigenvalue weighted by Gasteiger charge is 2.23. The molecule has 2 aromatic rings. The van der Waals surface area contributed by atoms with Gasteiger partial charge in [0.1, 0.15) is 0 Å². The molecule has 1 aromatic heterocycles. The van der Waals surface area contributed by atoms with E-state index in [0.29, 0.717) is 22.9 Å². The number of amides is 2. The zero-order valence-electron chi connectivity index (χ0n) is 12.3. The van der Waals surface area contributed by atoms with E-state index in [-0.39, 0.29) is 11.8 Å². The molecule has 0 unspecified atom stereocenters. The Morgan fingerprint density at radius 2 is 1.68 bits per heavy atom. The summed E-state index contributed by atoms with van der Waals surface area (Å²) in [6, 6.07) is 10.7. The van der Waals surface area contributed by atoms with E-state index in [1.165, 1.54) is 0 Å². The van der Waals surface area contributed by atoms with E-state index in [0.717, 1.165) is 18.5 Å². The van der Waals surface area contributed by atoms with E-state index in [4.69, 9.17) is 0 Å². The summed E-state index contributed by atoms with van der Waals surface area (Å²) in [4.78, 5) is 28.0. The third kappa shape index (κ3) is 3.49. The fraction of sp³-hybridized carbons (Fsp3) is 0.235. The maximum atomic E-state index is 12.1. The summed E-state index contributed by atoms with van der Waals surface area (Å²) in [5.41, 5.74) is 2.61. The Morgan fingerprint density at radius 1 is 1.00 bits per heavy atom. The highest BCUT2D eigenvalue weighted by molar-refractivity contribution is 6.04. The molecule has 3 rings (SSSR count). The van der Waals surface area contributed by atoms with Crippen LogP contribution in [0.1, 0.15) is 39.3 Å². The number of nitrogens with one attached hydrogen (secondary N) is 2. The van der Waals surface area contributed by atoms with E-state index < -0.39 is 0 Å². The van der Waals surface area contributed by atoms with E-state index in [1.807, 2.05) is 6.92 Å². The molecule has 0 atom stereocenters. The Balaban J connectivity index is 1.63. The first-order chi connectivity index (χ1) is 10.6. The third-order valence-electron chi connectivity index (χ3n) is 3.49. The van der Waals surface area contributed by atoms with E-state index in [2.05, 4.69) is 15.6 Å². The lowest BCUT2D eigenvalue weighted by Gasteiger charge is -2.07. The molecule has 0 saturated heterocycles. The normalized spacial score (nSPS) is 13.5. The maximum Gasteiger partial charge on any atom is 0.257 e. The van der Waals surface area contributed by atoms with Gasteiger partial charge in [0.15, 0.2) is 0 Å². The molecule has 1 aliphatic carbocycles. The number of aryl methyl sites for hydroxylation is 1. The molecular formula is C17H17N3O2. The molecule has 22 heavy (non-hydrogen) atoms. The van der Waals surface area contributed by atoms with Gasteiger partial charge in [-0.1, -0.05) is 0 Å². The van der Waals surface area contributed by atoms with Crippen LogP contribution in [-0.2, 0) is 0 Å². The molecule has 5 nitrogen and oxygen atoms in total. The Bertz CT molecular complexity index is 689. The summed E-state index contributed by atoms with van der Waals surface area (Å²) >= 11 is 0. The number of benzene rings is 1. The van der Waals surface area contributed by atoms with Crippen molar-refractivity contribution in [1.29, 1.82) is 0 Å². The van der Waals surface area contributed by atoms with E-state index >= 15 is 0 Å². The van der Waals surface area contributed by atoms with Crippen LogP contribution in [0.2, 0.25) is 0 Å². The standard InChI is InChI=1S/C17H17N3O2/c1-11-2-3-13(10-18-11)17(22)20-14-6-4-12(5-7-14)16(21)19-15-8-9-15/h2-7,10,15H,8-9H2,1H3,(H,19,21)(H,20,22). The van der Waals surface area contributed by atoms with Gasteiger partial charge >= 0.3 is 0 Å². The molecule has 5 heteroatoms. The second kappa shape index (κ2) is 5.97. The molecule has 1 saturated carbocycles. The van der Waals surface area contributed by atoms with Crippen LogP contribution >= 0.6 is 0 Å². The lowest BCUT2D eigenvalue weighted by atomic mass is 10.2. The summed E-state index contributed by atoms with van der Waals surface area (Å²) in [5.74, 6) is -0.286. The molecule has 1 heterocycles. The van der Waals surface area contributed by atoms with E-state index in [1.54, 1.807) is 42.6 Å². The van der Waals surface area contributed by atoms with Gasteiger partial charge in [-0.2, -0.15) is 0 Å². The van der Waals surface area contributed by atoms with Crippen molar-refractivity contribution < 1.29 is 9.59 Å². The maximum absolute atomic E-state index is 12.1. The number of aromatic nitrogens is 1. The summed E-state index contributed by atoms with van der Waals surface area (Å²) in [7, 11) is 0. The van der Waals surface area contributed by atoms with Crippen LogP contribution in [0.25, 0.3) is 0 Å². The monoisotopic (exact) mass is 295 g/mol. The van der Waals surface area contributed by atoms with Gasteiger partial charge in [0.25, 0.3) is 11.8 Å². The molecule has 0 radical (unpaired) electrons. The Morgan fingerprint density at radius 3 is 2.27 bits per heavy atom. The number of hydrogen-bond acceptors (Lipinski definition) is 3. The third-order valence-corrected chi connectivity index (χ3v) is 3.49. The van der Waals surface area contributed by atoms with Crippen molar-refractivity contribution in [3.8, 4) is 0 Å². The Kier molecular flexibility index (Phi) is 3.87. The van der Waals surface area contributed by atoms with Gasteiger partial charge < -0.3 is 10.6 Å². The second-order valence-electron chi connectivity index (χ2n) is 5.47. The molecule has 1 aromatic carbocycles. The number of carbonyl (C=O) groups is 2. The first kappa shape index (κ1) is 14.3. The first-order valence-electron chi connectivity index (χ1n) is 7.27. The molecule has 112 valence electrons. The second-order valence-corrected chi connectivity index (χ2v) is 5.47. The number of pyridine rings is 1. The quantitative estimate of drug-likeness (QED) is 0.910. The van der Waals surface area contributed by atoms with Crippen molar-refractivity contribution in [3.63, 3.8) is 0 Å². The summed E-state index contributed by atoms with van der Waals surface area (Å²) < 4.78 is 0. The van der Waals surface area contributed by atoms with Crippen LogP contribution < -0.4 is 10.6 Å². The van der Waals surface area contributed by atoms with Crippen molar-refractivity contribution >= 4 is 17.5 Å². The summed E-state index contributed by atoms with van der Waals surface area (Å²) in [6.45, 7) is 1.87. The summed E-state index contributed by atoms with van der Waals surface area (Å²) in [6.07, 6.45) is 3.66. The summed E-state index contributed by atoms with van der Waals surface area (Å²) in [5, 5.41) is 5.71. The minimum Gasteiger partial charge on any atom is -0.349 e. The van der Waals surface area contributed by atoms with Crippen LogP contribution in [0.5, 0.6) is 0 Å². The average molecular weight is 295 g/mol. The minimum absolute atomic E-state index is 0.0666. The van der Waals surface area contributed by atoms with Gasteiger partial charge in [-0.3, -0.25) is 14.6 Å². The van der Waals surface area contributed by atoms with Gasteiger partial charge in [0.05, 0.1) is 5.56 Å². The largest absolute Gasteiger partial charge is 0.349 e. The SMILES string of the molecule is Cc1ccc(C(=O)Nc2ccc(C(=O)NC3CC3)cc2)cn1. The van der Waals surface area contributed by atoms with Gasteiger partial charge in [-0.25, -0.2) is 0 Å². The molecule has 1 fully saturated rings. The van der Waals surface area contributed by atoms with Crippen LogP contribution in [0.4, 0.5) is 5.69 Å². The predicted molar refractivity (Wildman–Crippen MR) is 83.9 cm³/mol. The Labute approximate surface area is 128 Å². The highest BCUT2D eigenvalue weighted by atomic mass is 16.2. The van der Waals surface area contributed by atoms with Crippen LogP contribution in [0.3, 0.4) is 0 Å². The van der Waals surface area contributed by atoms with Crippen molar-refractivity contribution in [2.45, 2.75) is 25.8 Å². The zero-order valence-corrected chi connectivity index (χ0v) is 12.3. The average Bonchev–Trinajstić information content (AvgIpc) is 3.32. The van der Waals surface area contributed by atoms with Gasteiger partial charge in [-0.15, -0.1) is 0 Å². The highest BCUT2D eigenvalue weighted by Crippen LogP contribution is 2.19. The van der Waals surface area contributed by atoms with Crippen LogP contribution in [0.15, 0.2) is 42.6 Å². The Hall–Kier alpha value is -2.69. The number of nitrogens with zero attached hydrogens (tertiary/aromatic N) is 1. The van der Waals surface area contributed by atoms with Crippen molar-refractivity contribution in [1.82, 2.24) is 10.3 Å². The van der Waals surface area contributed by atoms with Crippen LogP contribution in [0, 0.1) is 6.92 Å². The number of hydrogen-bond donors (Lipinski definition) is 2. The number of carbonyl (C=O) groups excluding carboxylic acids is 2. The number of anilines is 1. The zero-order chi connectivity index (χ0) is 15.5. The molecule has 0 aliphatic heterocycles. The molecule has 2 amide bonds. The van der Waals surface area contributed by atoms with E-state index in [9.17, 15) is 9.59 Å². The van der Waals surface area contributed by atoms with Gasteiger partial charge in [0, 0.05) is 29.2 Å². The molecule has 0 bridgehead atoms. The van der Waals surface area contributed by atoms with Crippen molar-refractivity contribution in [2.24, 2.45) is 0 Å².